The van der Waals surface area contributed by atoms with Crippen molar-refractivity contribution in [1.82, 2.24) is 20.1 Å². The fraction of sp³-hybridized carbons (Fsp3) is 0.529. The molecular weight excluding hydrogens is 342 g/mol. The summed E-state index contributed by atoms with van der Waals surface area (Å²) < 4.78 is 5.47. The zero-order valence-corrected chi connectivity index (χ0v) is 15.6. The van der Waals surface area contributed by atoms with E-state index < -0.39 is 5.60 Å². The number of ether oxygens (including phenoxy) is 1. The van der Waals surface area contributed by atoms with Gasteiger partial charge in [0, 0.05) is 48.8 Å². The van der Waals surface area contributed by atoms with Gasteiger partial charge in [-0.3, -0.25) is 4.98 Å². The summed E-state index contributed by atoms with van der Waals surface area (Å²) in [6, 6.07) is 1.90. The number of anilines is 1. The third-order valence-electron chi connectivity index (χ3n) is 4.07. The highest BCUT2D eigenvalue weighted by atomic mass is 35.5. The summed E-state index contributed by atoms with van der Waals surface area (Å²) in [5.74, 6) is 0.740. The molecule has 0 spiro atoms. The number of halogens is 1. The third-order valence-corrected chi connectivity index (χ3v) is 4.35. The van der Waals surface area contributed by atoms with Gasteiger partial charge in [0.05, 0.1) is 0 Å². The monoisotopic (exact) mass is 363 g/mol. The lowest BCUT2D eigenvalue weighted by molar-refractivity contribution is 0.0218. The van der Waals surface area contributed by atoms with Crippen molar-refractivity contribution in [3.05, 3.63) is 23.6 Å². The highest BCUT2D eigenvalue weighted by molar-refractivity contribution is 6.34. The Bertz CT molecular complexity index is 792. The lowest BCUT2D eigenvalue weighted by Gasteiger charge is -2.40. The molecule has 0 bridgehead atoms. The summed E-state index contributed by atoms with van der Waals surface area (Å²) in [6.07, 6.45) is 3.15. The van der Waals surface area contributed by atoms with Crippen LogP contribution < -0.4 is 4.90 Å². The van der Waals surface area contributed by atoms with Gasteiger partial charge < -0.3 is 14.5 Å². The van der Waals surface area contributed by atoms with Gasteiger partial charge in [0.15, 0.2) is 11.0 Å². The summed E-state index contributed by atoms with van der Waals surface area (Å²) in [5, 5.41) is 10.4. The Labute approximate surface area is 151 Å². The molecule has 1 atom stereocenters. The molecule has 8 heteroatoms. The predicted molar refractivity (Wildman–Crippen MR) is 97.0 cm³/mol. The van der Waals surface area contributed by atoms with Gasteiger partial charge in [0.2, 0.25) is 0 Å². The van der Waals surface area contributed by atoms with Crippen LogP contribution in [0.5, 0.6) is 0 Å². The van der Waals surface area contributed by atoms with Gasteiger partial charge in [-0.1, -0.05) is 11.6 Å². The van der Waals surface area contributed by atoms with E-state index in [9.17, 15) is 4.79 Å². The van der Waals surface area contributed by atoms with Crippen molar-refractivity contribution in [1.29, 1.82) is 0 Å². The molecule has 0 aliphatic carbocycles. The van der Waals surface area contributed by atoms with E-state index >= 15 is 0 Å². The van der Waals surface area contributed by atoms with Gasteiger partial charge in [0.25, 0.3) is 0 Å². The van der Waals surface area contributed by atoms with E-state index in [1.54, 1.807) is 17.3 Å². The maximum Gasteiger partial charge on any atom is 0.410 e. The molecule has 0 radical (unpaired) electrons. The maximum atomic E-state index is 12.3. The van der Waals surface area contributed by atoms with Crippen molar-refractivity contribution in [2.45, 2.75) is 39.3 Å². The molecule has 0 aromatic carbocycles. The van der Waals surface area contributed by atoms with E-state index in [4.69, 9.17) is 16.3 Å². The Balaban J connectivity index is 1.81. The summed E-state index contributed by atoms with van der Waals surface area (Å²) in [4.78, 5) is 20.3. The van der Waals surface area contributed by atoms with E-state index in [-0.39, 0.29) is 12.1 Å². The molecule has 7 nitrogen and oxygen atoms in total. The molecule has 0 N–H and O–H groups in total. The van der Waals surface area contributed by atoms with E-state index in [0.717, 1.165) is 16.6 Å². The first-order valence-corrected chi connectivity index (χ1v) is 8.64. The zero-order valence-electron chi connectivity index (χ0n) is 14.9. The second-order valence-corrected chi connectivity index (χ2v) is 7.56. The van der Waals surface area contributed by atoms with Gasteiger partial charge in [-0.05, 0) is 33.8 Å². The number of fused-ring (bicyclic) bond motifs is 1. The van der Waals surface area contributed by atoms with Gasteiger partial charge in [0.1, 0.15) is 5.60 Å². The highest BCUT2D eigenvalue weighted by Crippen LogP contribution is 2.29. The highest BCUT2D eigenvalue weighted by Gasteiger charge is 2.31. The lowest BCUT2D eigenvalue weighted by atomic mass is 10.1. The van der Waals surface area contributed by atoms with E-state index in [1.807, 2.05) is 26.8 Å². The van der Waals surface area contributed by atoms with Gasteiger partial charge in [-0.25, -0.2) is 4.79 Å². The quantitative estimate of drug-likeness (QED) is 0.775. The Hall–Kier alpha value is -2.15. The number of nitrogens with zero attached hydrogens (tertiary/aromatic N) is 5. The van der Waals surface area contributed by atoms with Crippen molar-refractivity contribution < 1.29 is 9.53 Å². The third kappa shape index (κ3) is 3.76. The minimum atomic E-state index is -0.499. The van der Waals surface area contributed by atoms with E-state index in [1.165, 1.54) is 0 Å². The Morgan fingerprint density at radius 1 is 1.28 bits per heavy atom. The minimum absolute atomic E-state index is 0.0696. The van der Waals surface area contributed by atoms with Crippen LogP contribution in [0.1, 0.15) is 27.7 Å². The van der Waals surface area contributed by atoms with Crippen LogP contribution in [0.15, 0.2) is 18.5 Å². The number of pyridine rings is 1. The van der Waals surface area contributed by atoms with Crippen LogP contribution in [0.25, 0.3) is 10.8 Å². The van der Waals surface area contributed by atoms with E-state index in [2.05, 4.69) is 27.0 Å². The molecule has 1 aliphatic rings. The molecule has 25 heavy (non-hydrogen) atoms. The smallest absolute Gasteiger partial charge is 0.410 e. The van der Waals surface area contributed by atoms with Crippen molar-refractivity contribution in [2.24, 2.45) is 0 Å². The van der Waals surface area contributed by atoms with Crippen molar-refractivity contribution >= 4 is 34.3 Å². The number of hydrogen-bond donors (Lipinski definition) is 0. The fourth-order valence-corrected chi connectivity index (χ4v) is 3.13. The molecular formula is C17H22ClN5O2. The summed E-state index contributed by atoms with van der Waals surface area (Å²) in [7, 11) is 0. The van der Waals surface area contributed by atoms with Crippen LogP contribution in [0.4, 0.5) is 10.6 Å². The summed E-state index contributed by atoms with van der Waals surface area (Å²) in [6.45, 7) is 9.41. The second-order valence-electron chi connectivity index (χ2n) is 7.20. The molecule has 0 saturated carbocycles. The Kier molecular flexibility index (Phi) is 4.69. The minimum Gasteiger partial charge on any atom is -0.444 e. The predicted octanol–water partition coefficient (Wildman–Crippen LogP) is 3.12. The van der Waals surface area contributed by atoms with Crippen LogP contribution in [-0.2, 0) is 4.74 Å². The maximum absolute atomic E-state index is 12.3. The largest absolute Gasteiger partial charge is 0.444 e. The Morgan fingerprint density at radius 3 is 2.72 bits per heavy atom. The molecule has 3 rings (SSSR count). The zero-order chi connectivity index (χ0) is 18.2. The van der Waals surface area contributed by atoms with Crippen LogP contribution >= 0.6 is 11.6 Å². The van der Waals surface area contributed by atoms with Gasteiger partial charge in [-0.15, -0.1) is 10.2 Å². The molecule has 2 aromatic rings. The molecule has 3 heterocycles. The second kappa shape index (κ2) is 6.63. The standard InChI is InChI=1S/C17H22ClN5O2/c1-11-10-22(16(24)25-17(2,3)4)7-8-23(11)15-13-9-19-6-5-12(13)14(18)20-21-15/h5-6,9,11H,7-8,10H2,1-4H3. The number of piperazine rings is 1. The van der Waals surface area contributed by atoms with Crippen LogP contribution in [-0.4, -0.2) is 57.5 Å². The number of aromatic nitrogens is 3. The van der Waals surface area contributed by atoms with Crippen molar-refractivity contribution in [2.75, 3.05) is 24.5 Å². The van der Waals surface area contributed by atoms with Gasteiger partial charge >= 0.3 is 6.09 Å². The van der Waals surface area contributed by atoms with Crippen LogP contribution in [0.2, 0.25) is 5.15 Å². The number of rotatable bonds is 1. The fourth-order valence-electron chi connectivity index (χ4n) is 2.93. The molecule has 1 saturated heterocycles. The number of carbonyl (C=O) groups excluding carboxylic acids is 1. The normalized spacial score (nSPS) is 18.5. The number of carbonyl (C=O) groups is 1. The topological polar surface area (TPSA) is 71.5 Å². The number of amides is 1. The summed E-state index contributed by atoms with van der Waals surface area (Å²) >= 11 is 6.14. The van der Waals surface area contributed by atoms with Gasteiger partial charge in [-0.2, -0.15) is 0 Å². The SMILES string of the molecule is CC1CN(C(=O)OC(C)(C)C)CCN1c1nnc(Cl)c2ccncc12. The first-order chi connectivity index (χ1) is 11.8. The number of hydrogen-bond acceptors (Lipinski definition) is 6. The van der Waals surface area contributed by atoms with E-state index in [0.29, 0.717) is 24.8 Å². The summed E-state index contributed by atoms with van der Waals surface area (Å²) in [5.41, 5.74) is -0.499. The molecule has 1 unspecified atom stereocenters. The molecule has 1 amide bonds. The van der Waals surface area contributed by atoms with Crippen molar-refractivity contribution in [3.8, 4) is 0 Å². The Morgan fingerprint density at radius 2 is 2.04 bits per heavy atom. The van der Waals surface area contributed by atoms with Crippen molar-refractivity contribution in [3.63, 3.8) is 0 Å². The molecule has 134 valence electrons. The molecule has 2 aromatic heterocycles. The van der Waals surface area contributed by atoms with Crippen LogP contribution in [0, 0.1) is 0 Å². The van der Waals surface area contributed by atoms with Crippen LogP contribution in [0.3, 0.4) is 0 Å². The first-order valence-electron chi connectivity index (χ1n) is 8.27. The molecule has 1 aliphatic heterocycles. The lowest BCUT2D eigenvalue weighted by Crippen LogP contribution is -2.55. The average molecular weight is 364 g/mol. The molecule has 1 fully saturated rings. The average Bonchev–Trinajstić information content (AvgIpc) is 2.54. The first kappa shape index (κ1) is 17.7.